The fourth-order valence-electron chi connectivity index (χ4n) is 4.91. The minimum absolute atomic E-state index is 0.0444. The summed E-state index contributed by atoms with van der Waals surface area (Å²) in [7, 11) is 1.43. The van der Waals surface area contributed by atoms with Crippen LogP contribution < -0.4 is 15.4 Å². The molecule has 0 spiro atoms. The van der Waals surface area contributed by atoms with E-state index in [9.17, 15) is 29.7 Å². The van der Waals surface area contributed by atoms with Crippen molar-refractivity contribution in [3.63, 3.8) is 0 Å². The number of carbonyl (C=O) groups is 4. The average Bonchev–Trinajstić information content (AvgIpc) is 3.35. The van der Waals surface area contributed by atoms with Crippen LogP contribution in [0.3, 0.4) is 0 Å². The zero-order valence-corrected chi connectivity index (χ0v) is 25.5. The van der Waals surface area contributed by atoms with Gasteiger partial charge < -0.3 is 15.2 Å². The molecule has 0 radical (unpaired) electrons. The highest BCUT2D eigenvalue weighted by Crippen LogP contribution is 2.40. The van der Waals surface area contributed by atoms with Gasteiger partial charge in [-0.25, -0.2) is 14.7 Å². The van der Waals surface area contributed by atoms with Crippen molar-refractivity contribution in [3.05, 3.63) is 101 Å². The SMILES string of the molecule is COc1ccccc1C(=O)COC(=O)c1ccc(N2C(=O)CC(Sc3nc(N)c(C#N)c(-c4ccc(C)cc4)c3C#N)C2=O)cc1. The third kappa shape index (κ3) is 6.15. The highest BCUT2D eigenvalue weighted by molar-refractivity contribution is 8.00. The van der Waals surface area contributed by atoms with E-state index in [1.807, 2.05) is 25.1 Å². The first-order valence-corrected chi connectivity index (χ1v) is 14.7. The number of aryl methyl sites for hydroxylation is 1. The molecule has 1 saturated heterocycles. The molecular weight excluding hydrogens is 606 g/mol. The van der Waals surface area contributed by atoms with Crippen molar-refractivity contribution in [1.29, 1.82) is 10.5 Å². The molecule has 1 atom stereocenters. The lowest BCUT2D eigenvalue weighted by molar-refractivity contribution is -0.121. The number of hydrogen-bond acceptors (Lipinski definition) is 11. The predicted molar refractivity (Wildman–Crippen MR) is 169 cm³/mol. The van der Waals surface area contributed by atoms with Crippen LogP contribution in [0, 0.1) is 29.6 Å². The Hall–Kier alpha value is -5.98. The van der Waals surface area contributed by atoms with E-state index in [4.69, 9.17) is 15.2 Å². The maximum atomic E-state index is 13.5. The molecule has 1 aromatic heterocycles. The van der Waals surface area contributed by atoms with Crippen molar-refractivity contribution in [2.75, 3.05) is 24.4 Å². The molecule has 1 aliphatic heterocycles. The van der Waals surface area contributed by atoms with Gasteiger partial charge in [0.2, 0.25) is 17.6 Å². The van der Waals surface area contributed by atoms with Gasteiger partial charge in [0.15, 0.2) is 6.61 Å². The van der Waals surface area contributed by atoms with Crippen LogP contribution in [0.5, 0.6) is 5.75 Å². The number of benzene rings is 3. The van der Waals surface area contributed by atoms with Crippen LogP contribution in [-0.4, -0.2) is 47.5 Å². The molecule has 0 aliphatic carbocycles. The van der Waals surface area contributed by atoms with E-state index in [0.29, 0.717) is 16.9 Å². The van der Waals surface area contributed by atoms with Crippen LogP contribution in [0.2, 0.25) is 0 Å². The highest BCUT2D eigenvalue weighted by atomic mass is 32.2. The number of nitrogen functional groups attached to an aromatic ring is 1. The van der Waals surface area contributed by atoms with E-state index in [0.717, 1.165) is 22.2 Å². The quantitative estimate of drug-likeness (QED) is 0.152. The smallest absolute Gasteiger partial charge is 0.338 e. The van der Waals surface area contributed by atoms with Crippen LogP contribution in [0.4, 0.5) is 11.5 Å². The summed E-state index contributed by atoms with van der Waals surface area (Å²) in [6.07, 6.45) is -0.176. The Balaban J connectivity index is 1.32. The Labute approximate surface area is 268 Å². The summed E-state index contributed by atoms with van der Waals surface area (Å²) >= 11 is 0.926. The van der Waals surface area contributed by atoms with Crippen molar-refractivity contribution in [2.24, 2.45) is 0 Å². The lowest BCUT2D eigenvalue weighted by atomic mass is 9.96. The number of anilines is 2. The van der Waals surface area contributed by atoms with Crippen LogP contribution in [0.25, 0.3) is 11.1 Å². The first-order chi connectivity index (χ1) is 22.2. The number of rotatable bonds is 9. The number of esters is 1. The lowest BCUT2D eigenvalue weighted by Crippen LogP contribution is -2.31. The Kier molecular flexibility index (Phi) is 9.12. The van der Waals surface area contributed by atoms with Gasteiger partial charge in [0.05, 0.1) is 34.7 Å². The van der Waals surface area contributed by atoms with E-state index in [2.05, 4.69) is 11.1 Å². The van der Waals surface area contributed by atoms with Crippen molar-refractivity contribution >= 4 is 46.8 Å². The number of hydrogen-bond donors (Lipinski definition) is 1. The Bertz CT molecular complexity index is 1960. The first-order valence-electron chi connectivity index (χ1n) is 13.8. The van der Waals surface area contributed by atoms with Crippen LogP contribution in [0.15, 0.2) is 77.8 Å². The van der Waals surface area contributed by atoms with Gasteiger partial charge >= 0.3 is 5.97 Å². The normalized spacial score (nSPS) is 14.0. The molecule has 2 heterocycles. The molecule has 4 aromatic rings. The van der Waals surface area contributed by atoms with Gasteiger partial charge in [-0.2, -0.15) is 10.5 Å². The van der Waals surface area contributed by atoms with E-state index >= 15 is 0 Å². The number of imide groups is 1. The summed E-state index contributed by atoms with van der Waals surface area (Å²) in [6.45, 7) is 1.40. The molecule has 1 aliphatic rings. The van der Waals surface area contributed by atoms with Crippen LogP contribution >= 0.6 is 11.8 Å². The largest absolute Gasteiger partial charge is 0.496 e. The van der Waals surface area contributed by atoms with Gasteiger partial charge in [0.1, 0.15) is 34.3 Å². The summed E-state index contributed by atoms with van der Waals surface area (Å²) < 4.78 is 10.3. The second-order valence-electron chi connectivity index (χ2n) is 10.1. The Morgan fingerprint density at radius 3 is 2.33 bits per heavy atom. The fraction of sp³-hybridized carbons (Fsp3) is 0.147. The number of Topliss-reactive ketones (excluding diaryl/α,β-unsaturated/α-hetero) is 1. The van der Waals surface area contributed by atoms with Crippen molar-refractivity contribution in [1.82, 2.24) is 4.98 Å². The maximum absolute atomic E-state index is 13.5. The molecule has 0 saturated carbocycles. The van der Waals surface area contributed by atoms with Gasteiger partial charge in [-0.1, -0.05) is 53.7 Å². The summed E-state index contributed by atoms with van der Waals surface area (Å²) in [5.74, 6) is -1.97. The summed E-state index contributed by atoms with van der Waals surface area (Å²) in [5.41, 5.74) is 8.73. The van der Waals surface area contributed by atoms with Gasteiger partial charge in [0.25, 0.3) is 0 Å². The Morgan fingerprint density at radius 1 is 1.00 bits per heavy atom. The van der Waals surface area contributed by atoms with Crippen molar-refractivity contribution < 1.29 is 28.7 Å². The minimum Gasteiger partial charge on any atom is -0.496 e. The zero-order valence-electron chi connectivity index (χ0n) is 24.6. The molecule has 2 amide bonds. The summed E-state index contributed by atoms with van der Waals surface area (Å²) in [5, 5.41) is 19.1. The topological polar surface area (TPSA) is 176 Å². The van der Waals surface area contributed by atoms with Crippen molar-refractivity contribution in [3.8, 4) is 29.0 Å². The number of para-hydroxylation sites is 1. The number of amides is 2. The molecule has 12 heteroatoms. The monoisotopic (exact) mass is 631 g/mol. The molecule has 228 valence electrons. The van der Waals surface area contributed by atoms with E-state index in [-0.39, 0.29) is 45.2 Å². The number of methoxy groups -OCH3 is 1. The third-order valence-corrected chi connectivity index (χ3v) is 8.39. The number of thioether (sulfide) groups is 1. The van der Waals surface area contributed by atoms with Crippen LogP contribution in [-0.2, 0) is 14.3 Å². The predicted octanol–water partition coefficient (Wildman–Crippen LogP) is 4.86. The summed E-state index contributed by atoms with van der Waals surface area (Å²) in [4.78, 5) is 56.9. The molecule has 2 N–H and O–H groups in total. The number of carbonyl (C=O) groups excluding carboxylic acids is 4. The summed E-state index contributed by atoms with van der Waals surface area (Å²) in [6, 6.07) is 23.5. The van der Waals surface area contributed by atoms with Gasteiger partial charge in [-0.3, -0.25) is 14.4 Å². The second-order valence-corrected chi connectivity index (χ2v) is 11.3. The highest BCUT2D eigenvalue weighted by Gasteiger charge is 2.41. The number of nitrogens with two attached hydrogens (primary N) is 1. The van der Waals surface area contributed by atoms with Gasteiger partial charge in [0, 0.05) is 12.0 Å². The molecule has 11 nitrogen and oxygen atoms in total. The average molecular weight is 632 g/mol. The number of ether oxygens (including phenoxy) is 2. The molecule has 46 heavy (non-hydrogen) atoms. The van der Waals surface area contributed by atoms with Gasteiger partial charge in [-0.05, 0) is 48.9 Å². The Morgan fingerprint density at radius 2 is 1.67 bits per heavy atom. The van der Waals surface area contributed by atoms with Crippen molar-refractivity contribution in [2.45, 2.75) is 23.6 Å². The van der Waals surface area contributed by atoms with Crippen LogP contribution in [0.1, 0.15) is 43.8 Å². The number of nitriles is 2. The first kappa shape index (κ1) is 31.4. The van der Waals surface area contributed by atoms with E-state index < -0.39 is 35.4 Å². The standard InChI is InChI=1S/C34H25N5O6S/c1-19-7-9-20(10-8-19)30-24(16-35)31(37)38-32(25(30)17-36)46-28-15-29(41)39(33(28)42)22-13-11-21(12-14-22)34(43)45-18-26(40)23-5-3-4-6-27(23)44-2/h3-14,28H,15,18H2,1-2H3,(H2,37,38). The number of nitrogens with zero attached hydrogens (tertiary/aromatic N) is 4. The molecule has 1 fully saturated rings. The molecule has 3 aromatic carbocycles. The molecule has 1 unspecified atom stereocenters. The number of pyridine rings is 1. The molecule has 0 bridgehead atoms. The molecule has 5 rings (SSSR count). The van der Waals surface area contributed by atoms with Gasteiger partial charge in [-0.15, -0.1) is 0 Å². The lowest BCUT2D eigenvalue weighted by Gasteiger charge is -2.16. The number of aromatic nitrogens is 1. The van der Waals surface area contributed by atoms with E-state index in [1.54, 1.807) is 36.4 Å². The minimum atomic E-state index is -0.920. The zero-order chi connectivity index (χ0) is 33.0. The fourth-order valence-corrected chi connectivity index (χ4v) is 6.03. The molecular formula is C34H25N5O6S. The third-order valence-electron chi connectivity index (χ3n) is 7.22. The van der Waals surface area contributed by atoms with E-state index in [1.165, 1.54) is 31.4 Å². The number of ketones is 1. The second kappa shape index (κ2) is 13.3. The maximum Gasteiger partial charge on any atom is 0.338 e.